The molecule has 0 radical (unpaired) electrons. The number of fused-ring (bicyclic) bond motifs is 10. The highest BCUT2D eigenvalue weighted by Gasteiger charge is 2.63. The highest BCUT2D eigenvalue weighted by atomic mass is 79.9. The molecule has 7 heteroatoms. The van der Waals surface area contributed by atoms with E-state index in [1.165, 1.54) is 23.8 Å². The van der Waals surface area contributed by atoms with E-state index in [9.17, 15) is 19.8 Å². The number of aliphatic hydroxyl groups is 2. The van der Waals surface area contributed by atoms with Gasteiger partial charge in [-0.05, 0) is 197 Å². The Morgan fingerprint density at radius 3 is 1.75 bits per heavy atom. The lowest BCUT2D eigenvalue weighted by atomic mass is 9.43. The standard InChI is InChI=1S/C26H40N2O2.C23H37BrO2/c1-4-26(30)12-11-24(2)18(15-26)5-6-19-20-7-8-22(25(20,3)10-9-21(19)24)23(29)16-28-14-13-27-17-28;1-4-23(26)12-11-21(2)15(13-23)5-6-16-17-7-8-19(20(25)14-24)22(17,3)10-9-18(16)21/h13-14,17-22,30H,4-12,15-16H2,1-3H3;15-19,26H,4-14H2,1-3H3/t18-,19-,20-,21-,22+,24-,25-,26+;15-,16-,17-,18-,19+,21-,22-,23+/m00/s1/i13D,14D,17D;14D2,19D. The van der Waals surface area contributed by atoms with Crippen LogP contribution in [0.3, 0.4) is 0 Å². The lowest BCUT2D eigenvalue weighted by Crippen LogP contribution is -2.56. The largest absolute Gasteiger partial charge is 0.390 e. The molecule has 0 spiro atoms. The van der Waals surface area contributed by atoms with Crippen molar-refractivity contribution in [2.24, 2.45) is 80.8 Å². The number of hydrogen-bond donors (Lipinski definition) is 2. The molecule has 0 saturated heterocycles. The molecule has 56 heavy (non-hydrogen) atoms. The average molecular weight is 844 g/mol. The molecule has 6 nitrogen and oxygen atoms in total. The molecule has 1 aromatic rings. The first-order valence-corrected chi connectivity index (χ1v) is 23.8. The highest BCUT2D eigenvalue weighted by molar-refractivity contribution is 9.09. The summed E-state index contributed by atoms with van der Waals surface area (Å²) in [5.41, 5.74) is -0.825. The Bertz CT molecular complexity index is 1910. The number of rotatable bonds is 7. The van der Waals surface area contributed by atoms with E-state index < -0.39 is 33.6 Å². The van der Waals surface area contributed by atoms with Crippen LogP contribution in [-0.4, -0.2) is 47.8 Å². The molecule has 8 aliphatic carbocycles. The summed E-state index contributed by atoms with van der Waals surface area (Å²) in [6.45, 7) is 13.6. The summed E-state index contributed by atoms with van der Waals surface area (Å²) < 4.78 is 49.8. The fraction of sp³-hybridized carbons (Fsp3) is 0.898. The van der Waals surface area contributed by atoms with Crippen molar-refractivity contribution < 1.29 is 28.0 Å². The van der Waals surface area contributed by atoms with Crippen molar-refractivity contribution in [1.29, 1.82) is 0 Å². The molecule has 9 rings (SSSR count). The van der Waals surface area contributed by atoms with Crippen molar-refractivity contribution in [3.05, 3.63) is 18.6 Å². The SMILES string of the molecule is [2H]C([2H])(Br)C(=O)[C@@]1([2H])CC[C@H]2[C@@H]3CC[C@H]4C[C@@](O)(CC)CC[C@]4(C)[C@H]3CC[C@@]21C.[2H]c1nc([2H])n(CC(=O)[C@H]2CC[C@H]3[C@@H]4CC[C@H]5C[C@@](O)(CC)CC[C@]5(C)[C@H]4CC[C@]23C)c1[2H]. The van der Waals surface area contributed by atoms with Gasteiger partial charge in [0.25, 0.3) is 0 Å². The van der Waals surface area contributed by atoms with Crippen molar-refractivity contribution in [3.8, 4) is 0 Å². The van der Waals surface area contributed by atoms with Gasteiger partial charge in [-0.1, -0.05) is 57.5 Å². The number of hydrogen-bond acceptors (Lipinski definition) is 5. The Morgan fingerprint density at radius 2 is 1.23 bits per heavy atom. The van der Waals surface area contributed by atoms with Gasteiger partial charge in [0.1, 0.15) is 7.15 Å². The Kier molecular flexibility index (Phi) is 9.37. The number of carbonyl (C=O) groups is 2. The maximum atomic E-state index is 13.4. The molecule has 0 unspecified atom stereocenters. The van der Waals surface area contributed by atoms with Crippen LogP contribution < -0.4 is 0 Å². The molecule has 0 amide bonds. The van der Waals surface area contributed by atoms with Crippen LogP contribution in [0.25, 0.3) is 0 Å². The lowest BCUT2D eigenvalue weighted by Gasteiger charge is -2.62. The highest BCUT2D eigenvalue weighted by Crippen LogP contribution is 2.70. The summed E-state index contributed by atoms with van der Waals surface area (Å²) >= 11 is 2.91. The molecular weight excluding hydrogens is 760 g/mol. The van der Waals surface area contributed by atoms with Crippen LogP contribution in [0.2, 0.25) is 0 Å². The number of halogens is 1. The van der Waals surface area contributed by atoms with E-state index in [0.29, 0.717) is 59.2 Å². The zero-order valence-corrected chi connectivity index (χ0v) is 37.1. The number of ketones is 2. The van der Waals surface area contributed by atoms with Crippen molar-refractivity contribution in [2.75, 3.05) is 5.28 Å². The molecule has 0 bridgehead atoms. The van der Waals surface area contributed by atoms with Crippen molar-refractivity contribution in [1.82, 2.24) is 9.55 Å². The molecule has 8 saturated carbocycles. The molecule has 0 aliphatic heterocycles. The molecule has 1 heterocycles. The Morgan fingerprint density at radius 1 is 0.714 bits per heavy atom. The zero-order valence-electron chi connectivity index (χ0n) is 41.5. The van der Waals surface area contributed by atoms with E-state index >= 15 is 0 Å². The predicted molar refractivity (Wildman–Crippen MR) is 227 cm³/mol. The molecule has 8 fully saturated rings. The van der Waals surface area contributed by atoms with Crippen LogP contribution in [-0.2, 0) is 16.1 Å². The van der Waals surface area contributed by atoms with Crippen LogP contribution in [0.1, 0.15) is 178 Å². The minimum atomic E-state index is -2.12. The molecule has 0 aromatic carbocycles. The molecule has 314 valence electrons. The second-order valence-electron chi connectivity index (χ2n) is 21.9. The van der Waals surface area contributed by atoms with Gasteiger partial charge in [-0.15, -0.1) is 0 Å². The second kappa shape index (κ2) is 15.1. The summed E-state index contributed by atoms with van der Waals surface area (Å²) in [6.07, 6.45) is 19.3. The lowest BCUT2D eigenvalue weighted by molar-refractivity contribution is -0.154. The van der Waals surface area contributed by atoms with Crippen molar-refractivity contribution in [3.63, 3.8) is 0 Å². The monoisotopic (exact) mass is 843 g/mol. The number of carbonyl (C=O) groups excluding carboxylic acids is 2. The number of imidazole rings is 1. The van der Waals surface area contributed by atoms with Crippen molar-refractivity contribution in [2.45, 2.75) is 188 Å². The van der Waals surface area contributed by atoms with Gasteiger partial charge < -0.3 is 14.8 Å². The smallest absolute Gasteiger partial charge is 0.156 e. The summed E-state index contributed by atoms with van der Waals surface area (Å²) in [5, 5.41) is 19.8. The van der Waals surface area contributed by atoms with Gasteiger partial charge >= 0.3 is 0 Å². The summed E-state index contributed by atoms with van der Waals surface area (Å²) in [7, 11) is 0. The van der Waals surface area contributed by atoms with Gasteiger partial charge in [-0.25, -0.2) is 4.98 Å². The molecular formula is C49H77BrN2O4. The van der Waals surface area contributed by atoms with E-state index in [-0.39, 0.29) is 47.7 Å². The van der Waals surface area contributed by atoms with E-state index in [0.717, 1.165) is 103 Å². The number of Topliss-reactive ketones (excluding diaryl/α,β-unsaturated/α-hetero) is 2. The average Bonchev–Trinajstić information content (AvgIpc) is 3.81. The molecule has 16 atom stereocenters. The number of alkyl halides is 1. The van der Waals surface area contributed by atoms with Crippen LogP contribution >= 0.6 is 15.9 Å². The minimum absolute atomic E-state index is 0.00000825. The first-order valence-electron chi connectivity index (χ1n) is 26.0. The first kappa shape index (κ1) is 34.6. The second-order valence-corrected chi connectivity index (χ2v) is 22.3. The van der Waals surface area contributed by atoms with E-state index in [2.05, 4.69) is 62.5 Å². The third-order valence-electron chi connectivity index (χ3n) is 20.2. The van der Waals surface area contributed by atoms with Crippen LogP contribution in [0.15, 0.2) is 18.6 Å². The van der Waals surface area contributed by atoms with Crippen LogP contribution in [0, 0.1) is 80.8 Å². The van der Waals surface area contributed by atoms with Gasteiger partial charge in [-0.3, -0.25) is 9.59 Å². The normalized spacial score (nSPS) is 53.6. The molecule has 8 aliphatic rings. The zero-order chi connectivity index (χ0) is 45.2. The third kappa shape index (κ3) is 6.71. The van der Waals surface area contributed by atoms with Gasteiger partial charge in [-0.2, -0.15) is 0 Å². The molecule has 2 N–H and O–H groups in total. The van der Waals surface area contributed by atoms with Gasteiger partial charge in [0.15, 0.2) is 5.78 Å². The van der Waals surface area contributed by atoms with Crippen molar-refractivity contribution >= 4 is 27.5 Å². The van der Waals surface area contributed by atoms with Crippen LogP contribution in [0.5, 0.6) is 0 Å². The minimum Gasteiger partial charge on any atom is -0.390 e. The first-order chi connectivity index (χ1) is 28.8. The maximum absolute atomic E-state index is 13.4. The summed E-state index contributed by atoms with van der Waals surface area (Å²) in [4.78, 5) is 30.2. The van der Waals surface area contributed by atoms with E-state index in [1.807, 2.05) is 0 Å². The predicted octanol–water partition coefficient (Wildman–Crippen LogP) is 11.0. The molecule has 1 aromatic heterocycles. The quantitative estimate of drug-likeness (QED) is 0.267. The third-order valence-corrected chi connectivity index (χ3v) is 20.6. The van der Waals surface area contributed by atoms with E-state index in [4.69, 9.17) is 8.22 Å². The van der Waals surface area contributed by atoms with E-state index in [1.54, 1.807) is 0 Å². The Balaban J connectivity index is 0.000000172. The number of aromatic nitrogens is 2. The maximum Gasteiger partial charge on any atom is 0.156 e. The Labute approximate surface area is 356 Å². The topological polar surface area (TPSA) is 92.4 Å². The summed E-state index contributed by atoms with van der Waals surface area (Å²) in [5.74, 6) is 2.77. The van der Waals surface area contributed by atoms with Crippen LogP contribution in [0.4, 0.5) is 0 Å². The van der Waals surface area contributed by atoms with Gasteiger partial charge in [0, 0.05) is 28.3 Å². The van der Waals surface area contributed by atoms with Gasteiger partial charge in [0.05, 0.1) is 32.1 Å². The number of nitrogens with zero attached hydrogens (tertiary/aromatic N) is 2. The fourth-order valence-electron chi connectivity index (χ4n) is 16.6. The Hall–Kier alpha value is -1.05. The van der Waals surface area contributed by atoms with Gasteiger partial charge in [0.2, 0.25) is 0 Å². The fourth-order valence-corrected chi connectivity index (χ4v) is 16.8. The summed E-state index contributed by atoms with van der Waals surface area (Å²) in [6, 6.07) is 0.